The van der Waals surface area contributed by atoms with E-state index in [0.29, 0.717) is 27.3 Å². The van der Waals surface area contributed by atoms with E-state index in [4.69, 9.17) is 11.6 Å². The summed E-state index contributed by atoms with van der Waals surface area (Å²) in [5, 5.41) is 8.37. The maximum Gasteiger partial charge on any atom is 0.257 e. The number of benzene rings is 2. The second-order valence-electron chi connectivity index (χ2n) is 6.61. The molecule has 0 atom stereocenters. The number of amides is 2. The van der Waals surface area contributed by atoms with Gasteiger partial charge in [-0.2, -0.15) is 0 Å². The van der Waals surface area contributed by atoms with Crippen molar-refractivity contribution in [3.8, 4) is 0 Å². The minimum Gasteiger partial charge on any atom is -0.326 e. The molecule has 0 saturated carbocycles. The molecule has 0 fully saturated rings. The summed E-state index contributed by atoms with van der Waals surface area (Å²) in [6.07, 6.45) is 0.138. The Morgan fingerprint density at radius 2 is 1.71 bits per heavy atom. The molecule has 0 aliphatic heterocycles. The molecular formula is C21H20ClN3O2S. The number of nitrogens with zero attached hydrogens (tertiary/aromatic N) is 1. The van der Waals surface area contributed by atoms with Crippen LogP contribution in [0, 0.1) is 0 Å². The van der Waals surface area contributed by atoms with Crippen LogP contribution in [0.25, 0.3) is 0 Å². The fourth-order valence-corrected chi connectivity index (χ4v) is 3.37. The molecule has 28 heavy (non-hydrogen) atoms. The van der Waals surface area contributed by atoms with Gasteiger partial charge in [0.05, 0.1) is 12.1 Å². The lowest BCUT2D eigenvalue weighted by Gasteiger charge is -2.08. The molecule has 2 N–H and O–H groups in total. The second kappa shape index (κ2) is 8.99. The quantitative estimate of drug-likeness (QED) is 0.571. The van der Waals surface area contributed by atoms with Crippen molar-refractivity contribution in [1.82, 2.24) is 4.98 Å². The minimum absolute atomic E-state index is 0.138. The third-order valence-electron chi connectivity index (χ3n) is 4.08. The van der Waals surface area contributed by atoms with Crippen LogP contribution in [0.15, 0.2) is 53.9 Å². The summed E-state index contributed by atoms with van der Waals surface area (Å²) in [6, 6.07) is 14.4. The largest absolute Gasteiger partial charge is 0.326 e. The Labute approximate surface area is 172 Å². The summed E-state index contributed by atoms with van der Waals surface area (Å²) in [6.45, 7) is 4.25. The van der Waals surface area contributed by atoms with Crippen molar-refractivity contribution in [3.63, 3.8) is 0 Å². The summed E-state index contributed by atoms with van der Waals surface area (Å²) < 4.78 is 0. The molecule has 0 saturated heterocycles. The van der Waals surface area contributed by atoms with Gasteiger partial charge in [-0.15, -0.1) is 11.3 Å². The van der Waals surface area contributed by atoms with Gasteiger partial charge in [-0.3, -0.25) is 14.9 Å². The maximum absolute atomic E-state index is 12.2. The summed E-state index contributed by atoms with van der Waals surface area (Å²) in [7, 11) is 0. The molecular weight excluding hydrogens is 394 g/mol. The molecule has 0 aliphatic carbocycles. The van der Waals surface area contributed by atoms with E-state index in [1.807, 2.05) is 24.3 Å². The van der Waals surface area contributed by atoms with E-state index in [1.165, 1.54) is 16.9 Å². The molecule has 1 aromatic heterocycles. The number of carbonyl (C=O) groups excluding carboxylic acids is 2. The van der Waals surface area contributed by atoms with E-state index in [-0.39, 0.29) is 18.2 Å². The normalized spacial score (nSPS) is 10.7. The first kappa shape index (κ1) is 20.0. The van der Waals surface area contributed by atoms with Gasteiger partial charge in [0, 0.05) is 21.7 Å². The Balaban J connectivity index is 1.55. The molecule has 0 bridgehead atoms. The Morgan fingerprint density at radius 3 is 2.36 bits per heavy atom. The number of carbonyl (C=O) groups is 2. The number of rotatable bonds is 6. The average Bonchev–Trinajstić information content (AvgIpc) is 3.09. The summed E-state index contributed by atoms with van der Waals surface area (Å²) in [5.41, 5.74) is 3.07. The van der Waals surface area contributed by atoms with Gasteiger partial charge in [0.2, 0.25) is 5.91 Å². The molecule has 144 valence electrons. The van der Waals surface area contributed by atoms with Crippen LogP contribution < -0.4 is 10.6 Å². The molecule has 0 radical (unpaired) electrons. The smallest absolute Gasteiger partial charge is 0.257 e. The van der Waals surface area contributed by atoms with Crippen molar-refractivity contribution >= 4 is 45.6 Å². The summed E-state index contributed by atoms with van der Waals surface area (Å²) in [4.78, 5) is 28.8. The van der Waals surface area contributed by atoms with Crippen LogP contribution in [0.3, 0.4) is 0 Å². The van der Waals surface area contributed by atoms with Crippen LogP contribution in [0.5, 0.6) is 0 Å². The fraction of sp³-hybridized carbons (Fsp3) is 0.190. The first-order valence-electron chi connectivity index (χ1n) is 8.82. The van der Waals surface area contributed by atoms with Crippen molar-refractivity contribution in [2.75, 3.05) is 10.6 Å². The van der Waals surface area contributed by atoms with E-state index in [9.17, 15) is 9.59 Å². The van der Waals surface area contributed by atoms with Gasteiger partial charge in [0.15, 0.2) is 5.13 Å². The SMILES string of the molecule is CC(C)c1ccc(NC(=O)Cc2csc(NC(=O)c3ccc(Cl)cc3)n2)cc1. The standard InChI is InChI=1S/C21H20ClN3O2S/c1-13(2)14-5-9-17(10-6-14)23-19(26)11-18-12-28-21(24-18)25-20(27)15-3-7-16(22)8-4-15/h3-10,12-13H,11H2,1-2H3,(H,23,26)(H,24,25,27). The van der Waals surface area contributed by atoms with E-state index in [2.05, 4.69) is 29.5 Å². The predicted octanol–water partition coefficient (Wildman–Crippen LogP) is 5.35. The van der Waals surface area contributed by atoms with Crippen LogP contribution >= 0.6 is 22.9 Å². The third kappa shape index (κ3) is 5.41. The Bertz CT molecular complexity index is 966. The number of hydrogen-bond donors (Lipinski definition) is 2. The Kier molecular flexibility index (Phi) is 6.44. The second-order valence-corrected chi connectivity index (χ2v) is 7.90. The molecule has 3 rings (SSSR count). The van der Waals surface area contributed by atoms with Gasteiger partial charge < -0.3 is 5.32 Å². The van der Waals surface area contributed by atoms with E-state index in [0.717, 1.165) is 5.69 Å². The lowest BCUT2D eigenvalue weighted by Crippen LogP contribution is -2.15. The molecule has 2 amide bonds. The average molecular weight is 414 g/mol. The van der Waals surface area contributed by atoms with E-state index < -0.39 is 0 Å². The van der Waals surface area contributed by atoms with Crippen LogP contribution in [-0.4, -0.2) is 16.8 Å². The fourth-order valence-electron chi connectivity index (χ4n) is 2.54. The number of aromatic nitrogens is 1. The molecule has 5 nitrogen and oxygen atoms in total. The molecule has 0 spiro atoms. The van der Waals surface area contributed by atoms with Gasteiger partial charge >= 0.3 is 0 Å². The van der Waals surface area contributed by atoms with Gasteiger partial charge in [0.25, 0.3) is 5.91 Å². The zero-order valence-electron chi connectivity index (χ0n) is 15.5. The molecule has 2 aromatic carbocycles. The third-order valence-corrected chi connectivity index (χ3v) is 5.14. The molecule has 3 aromatic rings. The molecule has 7 heteroatoms. The highest BCUT2D eigenvalue weighted by Crippen LogP contribution is 2.19. The number of halogens is 1. The number of nitrogens with one attached hydrogen (secondary N) is 2. The Morgan fingerprint density at radius 1 is 1.04 bits per heavy atom. The van der Waals surface area contributed by atoms with Crippen molar-refractivity contribution in [2.45, 2.75) is 26.2 Å². The highest BCUT2D eigenvalue weighted by molar-refractivity contribution is 7.14. The maximum atomic E-state index is 12.2. The van der Waals surface area contributed by atoms with Crippen LogP contribution in [0.1, 0.15) is 41.4 Å². The van der Waals surface area contributed by atoms with Crippen molar-refractivity contribution in [2.24, 2.45) is 0 Å². The first-order valence-corrected chi connectivity index (χ1v) is 10.1. The molecule has 0 aliphatic rings. The molecule has 1 heterocycles. The Hall–Kier alpha value is -2.70. The predicted molar refractivity (Wildman–Crippen MR) is 114 cm³/mol. The zero-order valence-corrected chi connectivity index (χ0v) is 17.1. The first-order chi connectivity index (χ1) is 13.4. The van der Waals surface area contributed by atoms with Gasteiger partial charge in [0.1, 0.15) is 0 Å². The number of anilines is 2. The van der Waals surface area contributed by atoms with Crippen molar-refractivity contribution in [3.05, 3.63) is 75.8 Å². The monoisotopic (exact) mass is 413 g/mol. The van der Waals surface area contributed by atoms with Gasteiger partial charge in [-0.1, -0.05) is 37.6 Å². The lowest BCUT2D eigenvalue weighted by atomic mass is 10.0. The van der Waals surface area contributed by atoms with E-state index >= 15 is 0 Å². The van der Waals surface area contributed by atoms with Crippen molar-refractivity contribution < 1.29 is 9.59 Å². The lowest BCUT2D eigenvalue weighted by molar-refractivity contribution is -0.115. The van der Waals surface area contributed by atoms with E-state index in [1.54, 1.807) is 29.6 Å². The highest BCUT2D eigenvalue weighted by atomic mass is 35.5. The summed E-state index contributed by atoms with van der Waals surface area (Å²) >= 11 is 7.11. The van der Waals surface area contributed by atoms with Crippen LogP contribution in [0.4, 0.5) is 10.8 Å². The zero-order chi connectivity index (χ0) is 20.1. The van der Waals surface area contributed by atoms with Gasteiger partial charge in [-0.05, 0) is 47.9 Å². The van der Waals surface area contributed by atoms with Crippen molar-refractivity contribution in [1.29, 1.82) is 0 Å². The summed E-state index contributed by atoms with van der Waals surface area (Å²) in [5.74, 6) is 0.0201. The van der Waals surface area contributed by atoms with Crippen LogP contribution in [0.2, 0.25) is 5.02 Å². The number of thiazole rings is 1. The number of hydrogen-bond acceptors (Lipinski definition) is 4. The minimum atomic E-state index is -0.271. The highest BCUT2D eigenvalue weighted by Gasteiger charge is 2.12. The van der Waals surface area contributed by atoms with Gasteiger partial charge in [-0.25, -0.2) is 4.98 Å². The topological polar surface area (TPSA) is 71.1 Å². The molecule has 0 unspecified atom stereocenters. The van der Waals surface area contributed by atoms with Crippen LogP contribution in [-0.2, 0) is 11.2 Å².